The Kier molecular flexibility index (Phi) is 8.29. The van der Waals surface area contributed by atoms with Crippen molar-refractivity contribution in [1.29, 1.82) is 0 Å². The van der Waals surface area contributed by atoms with Crippen LogP contribution in [-0.2, 0) is 6.18 Å². The number of alkyl halides is 6. The number of pyridine rings is 1. The number of aromatic nitrogens is 2. The zero-order valence-electron chi connectivity index (χ0n) is 21.8. The van der Waals surface area contributed by atoms with Gasteiger partial charge in [0.25, 0.3) is 11.8 Å². The first kappa shape index (κ1) is 30.6. The highest BCUT2D eigenvalue weighted by Gasteiger charge is 2.50. The number of hydrogen-bond donors (Lipinski definition) is 3. The van der Waals surface area contributed by atoms with E-state index in [1.165, 1.54) is 4.90 Å². The highest BCUT2D eigenvalue weighted by Crippen LogP contribution is 2.42. The van der Waals surface area contributed by atoms with E-state index in [1.807, 2.05) is 5.32 Å². The molecule has 1 aliphatic rings. The fourth-order valence-electron chi connectivity index (χ4n) is 3.87. The van der Waals surface area contributed by atoms with Crippen molar-refractivity contribution in [2.75, 3.05) is 18.4 Å². The number of nitrogens with zero attached hydrogens (tertiary/aromatic N) is 3. The van der Waals surface area contributed by atoms with Crippen molar-refractivity contribution in [3.05, 3.63) is 28.5 Å². The fraction of sp³-hybridized carbons (Fsp3) is 0.583. The van der Waals surface area contributed by atoms with Crippen LogP contribution in [-0.4, -0.2) is 68.2 Å². The molecule has 2 aromatic heterocycles. The molecule has 0 bridgehead atoms. The Balaban J connectivity index is 2.11. The van der Waals surface area contributed by atoms with Crippen LogP contribution in [0, 0.1) is 0 Å². The maximum absolute atomic E-state index is 14.2. The normalized spacial score (nSPS) is 18.2. The quantitative estimate of drug-likeness (QED) is 0.410. The van der Waals surface area contributed by atoms with E-state index < -0.39 is 63.7 Å². The zero-order chi connectivity index (χ0) is 29.6. The molecule has 2 amide bonds. The molecule has 1 fully saturated rings. The number of anilines is 1. The summed E-state index contributed by atoms with van der Waals surface area (Å²) in [6.07, 6.45) is -7.70. The molecule has 15 heteroatoms. The number of hydrogen-bond acceptors (Lipinski definition) is 7. The van der Waals surface area contributed by atoms with Crippen LogP contribution in [0.5, 0.6) is 0 Å². The predicted molar refractivity (Wildman–Crippen MR) is 132 cm³/mol. The predicted octanol–water partition coefficient (Wildman–Crippen LogP) is 5.10. The van der Waals surface area contributed by atoms with Crippen molar-refractivity contribution in [3.63, 3.8) is 0 Å². The average molecular weight is 582 g/mol. The van der Waals surface area contributed by atoms with Gasteiger partial charge in [-0.3, -0.25) is 9.59 Å². The van der Waals surface area contributed by atoms with Crippen molar-refractivity contribution in [2.45, 2.75) is 77.0 Å². The third-order valence-corrected chi connectivity index (χ3v) is 7.09. The summed E-state index contributed by atoms with van der Waals surface area (Å²) in [5, 5.41) is 13.8. The molecule has 0 aliphatic carbocycles. The lowest BCUT2D eigenvalue weighted by molar-refractivity contribution is -0.249. The van der Waals surface area contributed by atoms with E-state index in [0.717, 1.165) is 12.3 Å². The molecular formula is C24H29F6N5O3S. The standard InChI is InChI=1S/C24H29F6N5O3S/c1-12-7-6-8-35(12)20(37)16-17(39-19(33-16)18(36)32-11-22(5,38)24(28,29)30)13-10-31-15(34-21(2,3)4)9-14(13)23(25,26)27/h9-10,12,38H,6-8,11H2,1-5H3,(H,31,34)(H,32,36)/t12-,22+/m0/s1. The van der Waals surface area contributed by atoms with Gasteiger partial charge in [-0.1, -0.05) is 0 Å². The number of likely N-dealkylation sites (tertiary alicyclic amines) is 1. The van der Waals surface area contributed by atoms with Crippen molar-refractivity contribution >= 4 is 29.0 Å². The molecule has 3 N–H and O–H groups in total. The lowest BCUT2D eigenvalue weighted by Crippen LogP contribution is -2.51. The lowest BCUT2D eigenvalue weighted by atomic mass is 10.1. The molecule has 1 aliphatic heterocycles. The first-order valence-corrected chi connectivity index (χ1v) is 12.8. The number of nitrogens with one attached hydrogen (secondary N) is 2. The molecular weight excluding hydrogens is 552 g/mol. The van der Waals surface area contributed by atoms with Gasteiger partial charge in [-0.15, -0.1) is 11.3 Å². The Hall–Kier alpha value is -2.94. The minimum atomic E-state index is -5.06. The number of aliphatic hydroxyl groups is 1. The van der Waals surface area contributed by atoms with Gasteiger partial charge in [0.05, 0.1) is 17.0 Å². The molecule has 1 saturated heterocycles. The van der Waals surface area contributed by atoms with Crippen LogP contribution in [0.1, 0.15) is 73.3 Å². The summed E-state index contributed by atoms with van der Waals surface area (Å²) in [5.41, 5.74) is -5.96. The Bertz CT molecular complexity index is 1240. The maximum atomic E-state index is 14.2. The average Bonchev–Trinajstić information content (AvgIpc) is 3.41. The SMILES string of the molecule is C[C@H]1CCCN1C(=O)c1nc(C(=O)NC[C@@](C)(O)C(F)(F)F)sc1-c1cnc(NC(C)(C)C)cc1C(F)(F)F. The summed E-state index contributed by atoms with van der Waals surface area (Å²) < 4.78 is 81.6. The molecule has 39 heavy (non-hydrogen) atoms. The molecule has 0 unspecified atom stereocenters. The highest BCUT2D eigenvalue weighted by molar-refractivity contribution is 7.17. The molecule has 216 valence electrons. The minimum Gasteiger partial charge on any atom is -0.379 e. The Labute approximate surface area is 224 Å². The third kappa shape index (κ3) is 6.99. The van der Waals surface area contributed by atoms with Gasteiger partial charge in [0.15, 0.2) is 10.6 Å². The summed E-state index contributed by atoms with van der Waals surface area (Å²) >= 11 is 0.422. The van der Waals surface area contributed by atoms with Crippen LogP contribution in [0.15, 0.2) is 12.3 Å². The second kappa shape index (κ2) is 10.6. The third-order valence-electron chi connectivity index (χ3n) is 6.00. The minimum absolute atomic E-state index is 0.0727. The molecule has 8 nitrogen and oxygen atoms in total. The van der Waals surface area contributed by atoms with E-state index in [4.69, 9.17) is 0 Å². The van der Waals surface area contributed by atoms with E-state index in [-0.39, 0.29) is 16.7 Å². The van der Waals surface area contributed by atoms with Crippen LogP contribution in [0.3, 0.4) is 0 Å². The van der Waals surface area contributed by atoms with Crippen LogP contribution < -0.4 is 10.6 Å². The van der Waals surface area contributed by atoms with Gasteiger partial charge in [-0.05, 0) is 53.5 Å². The molecule has 0 aromatic carbocycles. The summed E-state index contributed by atoms with van der Waals surface area (Å²) in [7, 11) is 0. The molecule has 0 saturated carbocycles. The summed E-state index contributed by atoms with van der Waals surface area (Å²) in [4.78, 5) is 35.2. The number of rotatable bonds is 6. The zero-order valence-corrected chi connectivity index (χ0v) is 22.7. The van der Waals surface area contributed by atoms with Crippen LogP contribution >= 0.6 is 11.3 Å². The highest BCUT2D eigenvalue weighted by atomic mass is 32.1. The fourth-order valence-corrected chi connectivity index (χ4v) is 4.86. The van der Waals surface area contributed by atoms with Gasteiger partial charge in [0.2, 0.25) is 0 Å². The van der Waals surface area contributed by atoms with E-state index in [0.29, 0.717) is 37.6 Å². The maximum Gasteiger partial charge on any atom is 0.418 e. The van der Waals surface area contributed by atoms with Crippen molar-refractivity contribution in [2.24, 2.45) is 0 Å². The van der Waals surface area contributed by atoms with Crippen molar-refractivity contribution in [1.82, 2.24) is 20.2 Å². The molecule has 2 aromatic rings. The summed E-state index contributed by atoms with van der Waals surface area (Å²) in [5.74, 6) is -1.97. The van der Waals surface area contributed by atoms with Crippen LogP contribution in [0.25, 0.3) is 10.4 Å². The topological polar surface area (TPSA) is 107 Å². The van der Waals surface area contributed by atoms with E-state index >= 15 is 0 Å². The number of carbonyl (C=O) groups excluding carboxylic acids is 2. The lowest BCUT2D eigenvalue weighted by Gasteiger charge is -2.26. The number of carbonyl (C=O) groups is 2. The smallest absolute Gasteiger partial charge is 0.379 e. The van der Waals surface area contributed by atoms with Crippen molar-refractivity contribution in [3.8, 4) is 10.4 Å². The second-order valence-electron chi connectivity index (χ2n) is 10.6. The Morgan fingerprint density at radius 1 is 1.15 bits per heavy atom. The first-order chi connectivity index (χ1) is 17.7. The Morgan fingerprint density at radius 3 is 2.31 bits per heavy atom. The number of amides is 2. The summed E-state index contributed by atoms with van der Waals surface area (Å²) in [6, 6.07) is 0.553. The van der Waals surface area contributed by atoms with Crippen molar-refractivity contribution < 1.29 is 41.0 Å². The molecule has 2 atom stereocenters. The summed E-state index contributed by atoms with van der Waals surface area (Å²) in [6.45, 7) is 6.50. The van der Waals surface area contributed by atoms with Gasteiger partial charge in [0, 0.05) is 29.9 Å². The van der Waals surface area contributed by atoms with Gasteiger partial charge < -0.3 is 20.6 Å². The first-order valence-electron chi connectivity index (χ1n) is 12.0. The largest absolute Gasteiger partial charge is 0.418 e. The number of thiazole rings is 1. The van der Waals surface area contributed by atoms with Gasteiger partial charge in [-0.25, -0.2) is 9.97 Å². The molecule has 3 heterocycles. The van der Waals surface area contributed by atoms with E-state index in [1.54, 1.807) is 27.7 Å². The molecule has 3 rings (SSSR count). The second-order valence-corrected chi connectivity index (χ2v) is 11.6. The monoisotopic (exact) mass is 581 g/mol. The van der Waals surface area contributed by atoms with Crippen LogP contribution in [0.4, 0.5) is 32.2 Å². The molecule has 0 spiro atoms. The number of halogens is 6. The Morgan fingerprint density at radius 2 is 1.79 bits per heavy atom. The van der Waals surface area contributed by atoms with Gasteiger partial charge in [-0.2, -0.15) is 26.3 Å². The van der Waals surface area contributed by atoms with E-state index in [2.05, 4.69) is 15.3 Å². The van der Waals surface area contributed by atoms with Gasteiger partial charge in [0.1, 0.15) is 11.5 Å². The molecule has 0 radical (unpaired) electrons. The van der Waals surface area contributed by atoms with E-state index in [9.17, 15) is 41.0 Å². The van der Waals surface area contributed by atoms with Gasteiger partial charge >= 0.3 is 12.4 Å². The van der Waals surface area contributed by atoms with Crippen LogP contribution in [0.2, 0.25) is 0 Å².